The fourth-order valence-electron chi connectivity index (χ4n) is 1.20. The molecule has 0 amide bonds. The number of hydrogen-bond acceptors (Lipinski definition) is 3. The Hall–Kier alpha value is -1.25. The van der Waals surface area contributed by atoms with E-state index in [9.17, 15) is 0 Å². The van der Waals surface area contributed by atoms with Crippen molar-refractivity contribution in [1.29, 1.82) is 0 Å². The fourth-order valence-corrected chi connectivity index (χ4v) is 1.20. The van der Waals surface area contributed by atoms with Gasteiger partial charge >= 0.3 is 0 Å². The lowest BCUT2D eigenvalue weighted by atomic mass is 10.2. The molecule has 1 unspecified atom stereocenters. The summed E-state index contributed by atoms with van der Waals surface area (Å²) in [5.74, 6) is 2.27. The number of nitrogens with zero attached hydrogens (tertiary/aromatic N) is 1. The Bertz CT molecular complexity index is 248. The van der Waals surface area contributed by atoms with E-state index in [1.807, 2.05) is 12.1 Å². The van der Waals surface area contributed by atoms with Crippen molar-refractivity contribution in [3.8, 4) is 5.75 Å². The zero-order chi connectivity index (χ0) is 8.39. The summed E-state index contributed by atoms with van der Waals surface area (Å²) >= 11 is 0. The predicted octanol–water partition coefficient (Wildman–Crippen LogP) is 1.52. The monoisotopic (exact) mass is 164 g/mol. The quantitative estimate of drug-likeness (QED) is 0.631. The zero-order valence-electron chi connectivity index (χ0n) is 7.08. The molecule has 3 heteroatoms. The highest BCUT2D eigenvalue weighted by molar-refractivity contribution is 5.49. The number of fused-ring (bicyclic) bond motifs is 1. The van der Waals surface area contributed by atoms with Gasteiger partial charge in [-0.25, -0.2) is 4.98 Å². The van der Waals surface area contributed by atoms with Crippen LogP contribution in [0.3, 0.4) is 0 Å². The molecule has 0 spiro atoms. The Morgan fingerprint density at radius 3 is 3.50 bits per heavy atom. The molecule has 1 atom stereocenters. The third-order valence-electron chi connectivity index (χ3n) is 1.91. The van der Waals surface area contributed by atoms with Crippen molar-refractivity contribution >= 4 is 5.82 Å². The maximum Gasteiger partial charge on any atom is 0.168 e. The fraction of sp³-hybridized carbons (Fsp3) is 0.444. The molecule has 0 aromatic carbocycles. The number of nitrogens with one attached hydrogen (secondary N) is 1. The largest absolute Gasteiger partial charge is 0.489 e. The molecule has 3 nitrogen and oxygen atoms in total. The van der Waals surface area contributed by atoms with Crippen LogP contribution in [0.15, 0.2) is 18.3 Å². The van der Waals surface area contributed by atoms with Crippen LogP contribution in [0.4, 0.5) is 5.82 Å². The van der Waals surface area contributed by atoms with Gasteiger partial charge in [0.1, 0.15) is 0 Å². The lowest BCUT2D eigenvalue weighted by Gasteiger charge is -2.05. The molecule has 1 aliphatic heterocycles. The highest BCUT2D eigenvalue weighted by Gasteiger charge is 2.12. The lowest BCUT2D eigenvalue weighted by Crippen LogP contribution is -2.13. The molecule has 0 radical (unpaired) electrons. The number of rotatable bonds is 0. The normalized spacial score (nSPS) is 21.6. The molecule has 0 saturated carbocycles. The minimum Gasteiger partial charge on any atom is -0.489 e. The smallest absolute Gasteiger partial charge is 0.168 e. The van der Waals surface area contributed by atoms with Gasteiger partial charge in [-0.3, -0.25) is 0 Å². The van der Waals surface area contributed by atoms with E-state index in [0.717, 1.165) is 24.7 Å². The average Bonchev–Trinajstić information content (AvgIpc) is 2.29. The van der Waals surface area contributed by atoms with Crippen molar-refractivity contribution in [2.24, 2.45) is 5.92 Å². The molecular formula is C9H12N2O. The minimum absolute atomic E-state index is 0.541. The van der Waals surface area contributed by atoms with E-state index >= 15 is 0 Å². The van der Waals surface area contributed by atoms with Crippen LogP contribution in [0, 0.1) is 5.92 Å². The third-order valence-corrected chi connectivity index (χ3v) is 1.91. The van der Waals surface area contributed by atoms with Gasteiger partial charge in [0, 0.05) is 18.7 Å². The van der Waals surface area contributed by atoms with E-state index in [0.29, 0.717) is 5.92 Å². The molecule has 2 heterocycles. The molecule has 12 heavy (non-hydrogen) atoms. The van der Waals surface area contributed by atoms with Crippen LogP contribution in [0.25, 0.3) is 0 Å². The molecule has 0 aliphatic carbocycles. The van der Waals surface area contributed by atoms with Crippen molar-refractivity contribution in [3.05, 3.63) is 18.3 Å². The van der Waals surface area contributed by atoms with E-state index in [1.54, 1.807) is 6.20 Å². The van der Waals surface area contributed by atoms with Gasteiger partial charge in [0.25, 0.3) is 0 Å². The van der Waals surface area contributed by atoms with Crippen LogP contribution >= 0.6 is 0 Å². The SMILES string of the molecule is CC1CNc2ncccc2OC1. The summed E-state index contributed by atoms with van der Waals surface area (Å²) < 4.78 is 5.54. The second-order valence-electron chi connectivity index (χ2n) is 3.15. The summed E-state index contributed by atoms with van der Waals surface area (Å²) in [5, 5.41) is 3.24. The number of anilines is 1. The molecule has 0 fully saturated rings. The molecule has 64 valence electrons. The second-order valence-corrected chi connectivity index (χ2v) is 3.15. The number of aromatic nitrogens is 1. The highest BCUT2D eigenvalue weighted by Crippen LogP contribution is 2.23. The number of pyridine rings is 1. The molecule has 1 aromatic heterocycles. The summed E-state index contributed by atoms with van der Waals surface area (Å²) in [5.41, 5.74) is 0. The van der Waals surface area contributed by atoms with Gasteiger partial charge in [-0.15, -0.1) is 0 Å². The standard InChI is InChI=1S/C9H12N2O/c1-7-5-11-9-8(12-6-7)3-2-4-10-9/h2-4,7H,5-6H2,1H3,(H,10,11). The van der Waals surface area contributed by atoms with Crippen molar-refractivity contribution in [3.63, 3.8) is 0 Å². The van der Waals surface area contributed by atoms with Gasteiger partial charge < -0.3 is 10.1 Å². The minimum atomic E-state index is 0.541. The van der Waals surface area contributed by atoms with Crippen LogP contribution in [-0.4, -0.2) is 18.1 Å². The number of ether oxygens (including phenoxy) is 1. The van der Waals surface area contributed by atoms with Crippen molar-refractivity contribution < 1.29 is 4.74 Å². The van der Waals surface area contributed by atoms with Gasteiger partial charge in [0.15, 0.2) is 11.6 Å². The summed E-state index contributed by atoms with van der Waals surface area (Å²) in [6.07, 6.45) is 1.77. The van der Waals surface area contributed by atoms with Gasteiger partial charge in [-0.2, -0.15) is 0 Å². The van der Waals surface area contributed by atoms with Crippen molar-refractivity contribution in [2.45, 2.75) is 6.92 Å². The maximum atomic E-state index is 5.54. The van der Waals surface area contributed by atoms with E-state index < -0.39 is 0 Å². The molecule has 1 N–H and O–H groups in total. The molecule has 2 rings (SSSR count). The Balaban J connectivity index is 2.26. The highest BCUT2D eigenvalue weighted by atomic mass is 16.5. The van der Waals surface area contributed by atoms with Gasteiger partial charge in [-0.1, -0.05) is 6.92 Å². The van der Waals surface area contributed by atoms with Gasteiger partial charge in [0.05, 0.1) is 6.61 Å². The molecule has 0 bridgehead atoms. The Morgan fingerprint density at radius 2 is 2.58 bits per heavy atom. The van der Waals surface area contributed by atoms with Gasteiger partial charge in [-0.05, 0) is 12.1 Å². The summed E-state index contributed by atoms with van der Waals surface area (Å²) in [6, 6.07) is 3.82. The Labute approximate surface area is 71.8 Å². The predicted molar refractivity (Wildman–Crippen MR) is 47.4 cm³/mol. The van der Waals surface area contributed by atoms with Crippen LogP contribution in [-0.2, 0) is 0 Å². The number of hydrogen-bond donors (Lipinski definition) is 1. The van der Waals surface area contributed by atoms with E-state index in [4.69, 9.17) is 4.74 Å². The lowest BCUT2D eigenvalue weighted by molar-refractivity contribution is 0.275. The van der Waals surface area contributed by atoms with Crippen LogP contribution < -0.4 is 10.1 Å². The molecular weight excluding hydrogens is 152 g/mol. The van der Waals surface area contributed by atoms with E-state index in [-0.39, 0.29) is 0 Å². The first-order valence-electron chi connectivity index (χ1n) is 4.18. The zero-order valence-corrected chi connectivity index (χ0v) is 7.08. The first-order valence-corrected chi connectivity index (χ1v) is 4.18. The Morgan fingerprint density at radius 1 is 1.67 bits per heavy atom. The maximum absolute atomic E-state index is 5.54. The second kappa shape index (κ2) is 3.01. The van der Waals surface area contributed by atoms with Crippen molar-refractivity contribution in [2.75, 3.05) is 18.5 Å². The summed E-state index contributed by atoms with van der Waals surface area (Å²) in [4.78, 5) is 4.18. The first kappa shape index (κ1) is 7.40. The van der Waals surface area contributed by atoms with Crippen LogP contribution in [0.1, 0.15) is 6.92 Å². The van der Waals surface area contributed by atoms with Crippen molar-refractivity contribution in [1.82, 2.24) is 4.98 Å². The molecule has 1 aliphatic rings. The molecule has 1 aromatic rings. The summed E-state index contributed by atoms with van der Waals surface area (Å²) in [7, 11) is 0. The third kappa shape index (κ3) is 1.35. The van der Waals surface area contributed by atoms with Crippen LogP contribution in [0.2, 0.25) is 0 Å². The Kier molecular flexibility index (Phi) is 1.86. The van der Waals surface area contributed by atoms with E-state index in [1.165, 1.54) is 0 Å². The van der Waals surface area contributed by atoms with Crippen LogP contribution in [0.5, 0.6) is 5.75 Å². The summed E-state index contributed by atoms with van der Waals surface area (Å²) in [6.45, 7) is 3.86. The average molecular weight is 164 g/mol. The van der Waals surface area contributed by atoms with Gasteiger partial charge in [0.2, 0.25) is 0 Å². The molecule has 0 saturated heterocycles. The van der Waals surface area contributed by atoms with E-state index in [2.05, 4.69) is 17.2 Å². The first-order chi connectivity index (χ1) is 5.86. The topological polar surface area (TPSA) is 34.2 Å².